The average Bonchev–Trinajstić information content (AvgIpc) is 2.64. The second-order valence-electron chi connectivity index (χ2n) is 7.30. The molecular formula is C19H31IN4O3S. The maximum atomic E-state index is 12.7. The third kappa shape index (κ3) is 5.80. The van der Waals surface area contributed by atoms with E-state index in [0.29, 0.717) is 19.6 Å². The molecule has 9 heteroatoms. The zero-order chi connectivity index (χ0) is 19.4. The Kier molecular flexibility index (Phi) is 8.53. The fourth-order valence-corrected chi connectivity index (χ4v) is 5.28. The quantitative estimate of drug-likeness (QED) is 0.370. The number of fused-ring (bicyclic) bond motifs is 1. The number of aliphatic imine (C=N–C) groups is 1. The highest BCUT2D eigenvalue weighted by molar-refractivity contribution is 14.0. The predicted molar refractivity (Wildman–Crippen MR) is 123 cm³/mol. The van der Waals surface area contributed by atoms with E-state index in [1.807, 2.05) is 13.8 Å². The van der Waals surface area contributed by atoms with E-state index >= 15 is 0 Å². The van der Waals surface area contributed by atoms with Gasteiger partial charge < -0.3 is 15.0 Å². The van der Waals surface area contributed by atoms with Crippen LogP contribution >= 0.6 is 24.0 Å². The minimum atomic E-state index is -3.32. The van der Waals surface area contributed by atoms with Gasteiger partial charge in [0.25, 0.3) is 0 Å². The van der Waals surface area contributed by atoms with Crippen LogP contribution in [0.5, 0.6) is 0 Å². The van der Waals surface area contributed by atoms with Gasteiger partial charge in [-0.2, -0.15) is 4.31 Å². The van der Waals surface area contributed by atoms with Crippen molar-refractivity contribution in [2.24, 2.45) is 4.99 Å². The molecule has 2 atom stereocenters. The minimum absolute atomic E-state index is 0. The lowest BCUT2D eigenvalue weighted by Crippen LogP contribution is -2.50. The highest BCUT2D eigenvalue weighted by atomic mass is 127. The highest BCUT2D eigenvalue weighted by Gasteiger charge is 2.30. The Morgan fingerprint density at radius 3 is 2.50 bits per heavy atom. The normalized spacial score (nSPS) is 23.7. The lowest BCUT2D eigenvalue weighted by atomic mass is 10.0. The maximum Gasteiger partial charge on any atom is 0.216 e. The first-order chi connectivity index (χ1) is 12.9. The molecule has 1 saturated heterocycles. The molecular weight excluding hydrogens is 491 g/mol. The summed E-state index contributed by atoms with van der Waals surface area (Å²) in [6.45, 7) is 6.67. The van der Waals surface area contributed by atoms with E-state index in [1.54, 1.807) is 11.4 Å². The van der Waals surface area contributed by atoms with Gasteiger partial charge in [0.2, 0.25) is 10.0 Å². The standard InChI is InChI=1S/C19H30N4O3S.HI/c1-15-12-23(13-16(2)26-15)27(24,25)11-9-21-19(20-3)22-10-8-17-6-4-5-7-18(17)14-22;/h4-7,15-16H,8-14H2,1-3H3,(H,20,21);1H. The van der Waals surface area contributed by atoms with Crippen LogP contribution in [-0.4, -0.2) is 74.8 Å². The molecule has 2 aliphatic rings. The van der Waals surface area contributed by atoms with E-state index in [1.165, 1.54) is 11.1 Å². The molecule has 0 saturated carbocycles. The molecule has 0 radical (unpaired) electrons. The van der Waals surface area contributed by atoms with Gasteiger partial charge in [0.15, 0.2) is 5.96 Å². The minimum Gasteiger partial charge on any atom is -0.373 e. The first-order valence-corrected chi connectivity index (χ1v) is 11.2. The van der Waals surface area contributed by atoms with Crippen LogP contribution in [-0.2, 0) is 27.7 Å². The summed E-state index contributed by atoms with van der Waals surface area (Å²) in [7, 11) is -1.58. The van der Waals surface area contributed by atoms with Gasteiger partial charge in [-0.15, -0.1) is 24.0 Å². The largest absolute Gasteiger partial charge is 0.373 e. The van der Waals surface area contributed by atoms with Crippen LogP contribution in [0.1, 0.15) is 25.0 Å². The number of sulfonamides is 1. The van der Waals surface area contributed by atoms with Crippen LogP contribution in [0.25, 0.3) is 0 Å². The lowest BCUT2D eigenvalue weighted by molar-refractivity contribution is -0.0440. The van der Waals surface area contributed by atoms with Crippen molar-refractivity contribution in [3.8, 4) is 0 Å². The Labute approximate surface area is 185 Å². The zero-order valence-electron chi connectivity index (χ0n) is 16.8. The molecule has 0 bridgehead atoms. The van der Waals surface area contributed by atoms with Crippen molar-refractivity contribution in [3.63, 3.8) is 0 Å². The maximum absolute atomic E-state index is 12.7. The number of hydrogen-bond donors (Lipinski definition) is 1. The average molecular weight is 522 g/mol. The van der Waals surface area contributed by atoms with Crippen molar-refractivity contribution < 1.29 is 13.2 Å². The predicted octanol–water partition coefficient (Wildman–Crippen LogP) is 1.68. The van der Waals surface area contributed by atoms with Crippen molar-refractivity contribution in [2.45, 2.75) is 39.0 Å². The number of nitrogens with one attached hydrogen (secondary N) is 1. The van der Waals surface area contributed by atoms with Crippen LogP contribution in [0.3, 0.4) is 0 Å². The van der Waals surface area contributed by atoms with Crippen molar-refractivity contribution in [1.29, 1.82) is 0 Å². The summed E-state index contributed by atoms with van der Waals surface area (Å²) in [5.41, 5.74) is 2.68. The fourth-order valence-electron chi connectivity index (χ4n) is 3.79. The number of rotatable bonds is 4. The van der Waals surface area contributed by atoms with Crippen LogP contribution in [0.4, 0.5) is 0 Å². The van der Waals surface area contributed by atoms with E-state index in [9.17, 15) is 8.42 Å². The number of hydrogen-bond acceptors (Lipinski definition) is 4. The summed E-state index contributed by atoms with van der Waals surface area (Å²) in [6.07, 6.45) is 0.828. The van der Waals surface area contributed by atoms with E-state index in [4.69, 9.17) is 4.74 Å². The summed E-state index contributed by atoms with van der Waals surface area (Å²) < 4.78 is 32.5. The van der Waals surface area contributed by atoms with Gasteiger partial charge in [-0.1, -0.05) is 24.3 Å². The van der Waals surface area contributed by atoms with E-state index in [-0.39, 0.29) is 41.9 Å². The van der Waals surface area contributed by atoms with Gasteiger partial charge >= 0.3 is 0 Å². The molecule has 0 aliphatic carbocycles. The van der Waals surface area contributed by atoms with Crippen LogP contribution in [0, 0.1) is 0 Å². The molecule has 1 N–H and O–H groups in total. The summed E-state index contributed by atoms with van der Waals surface area (Å²) in [6, 6.07) is 8.43. The number of benzene rings is 1. The van der Waals surface area contributed by atoms with Crippen molar-refractivity contribution in [3.05, 3.63) is 35.4 Å². The van der Waals surface area contributed by atoms with Gasteiger partial charge in [-0.3, -0.25) is 4.99 Å². The van der Waals surface area contributed by atoms with Crippen LogP contribution < -0.4 is 5.32 Å². The van der Waals surface area contributed by atoms with E-state index in [0.717, 1.165) is 25.5 Å². The molecule has 1 aromatic carbocycles. The second kappa shape index (κ2) is 10.2. The summed E-state index contributed by atoms with van der Waals surface area (Å²) in [5.74, 6) is 0.805. The van der Waals surface area contributed by atoms with Gasteiger partial charge in [-0.25, -0.2) is 8.42 Å². The van der Waals surface area contributed by atoms with Crippen LogP contribution in [0.2, 0.25) is 0 Å². The monoisotopic (exact) mass is 522 g/mol. The Morgan fingerprint density at radius 2 is 1.86 bits per heavy atom. The lowest BCUT2D eigenvalue weighted by Gasteiger charge is -2.34. The van der Waals surface area contributed by atoms with Crippen LogP contribution in [0.15, 0.2) is 29.3 Å². The van der Waals surface area contributed by atoms with Crippen molar-refractivity contribution in [1.82, 2.24) is 14.5 Å². The molecule has 28 heavy (non-hydrogen) atoms. The zero-order valence-corrected chi connectivity index (χ0v) is 19.9. The third-order valence-corrected chi connectivity index (χ3v) is 6.87. The smallest absolute Gasteiger partial charge is 0.216 e. The molecule has 1 fully saturated rings. The molecule has 0 spiro atoms. The molecule has 2 unspecified atom stereocenters. The van der Waals surface area contributed by atoms with E-state index in [2.05, 4.69) is 39.5 Å². The molecule has 3 rings (SSSR count). The first-order valence-electron chi connectivity index (χ1n) is 9.54. The molecule has 7 nitrogen and oxygen atoms in total. The molecule has 0 amide bonds. The number of nitrogens with zero attached hydrogens (tertiary/aromatic N) is 3. The Hall–Kier alpha value is -0.910. The molecule has 158 valence electrons. The third-order valence-electron chi connectivity index (χ3n) is 5.06. The number of guanidine groups is 1. The SMILES string of the molecule is CN=C(NCCS(=O)(=O)N1CC(C)OC(C)C1)N1CCc2ccccc2C1.I. The Morgan fingerprint density at radius 1 is 1.21 bits per heavy atom. The Bertz CT molecular complexity index is 777. The summed E-state index contributed by atoms with van der Waals surface area (Å²) in [5, 5.41) is 3.23. The summed E-state index contributed by atoms with van der Waals surface area (Å²) in [4.78, 5) is 6.52. The summed E-state index contributed by atoms with van der Waals surface area (Å²) >= 11 is 0. The second-order valence-corrected chi connectivity index (χ2v) is 9.39. The fraction of sp³-hybridized carbons (Fsp3) is 0.632. The van der Waals surface area contributed by atoms with Gasteiger partial charge in [0.05, 0.1) is 18.0 Å². The topological polar surface area (TPSA) is 74.2 Å². The van der Waals surface area contributed by atoms with Gasteiger partial charge in [-0.05, 0) is 31.4 Å². The Balaban J connectivity index is 0.00000280. The van der Waals surface area contributed by atoms with Gasteiger partial charge in [0.1, 0.15) is 0 Å². The van der Waals surface area contributed by atoms with Crippen molar-refractivity contribution in [2.75, 3.05) is 39.0 Å². The highest BCUT2D eigenvalue weighted by Crippen LogP contribution is 2.18. The van der Waals surface area contributed by atoms with Crippen molar-refractivity contribution >= 4 is 40.0 Å². The molecule has 0 aromatic heterocycles. The van der Waals surface area contributed by atoms with Gasteiger partial charge in [0, 0.05) is 39.8 Å². The number of morpholine rings is 1. The number of halogens is 1. The molecule has 2 heterocycles. The molecule has 1 aromatic rings. The first kappa shape index (κ1) is 23.4. The van der Waals surface area contributed by atoms with E-state index < -0.39 is 10.0 Å². The molecule has 2 aliphatic heterocycles. The number of ether oxygens (including phenoxy) is 1.